The van der Waals surface area contributed by atoms with E-state index in [4.69, 9.17) is 4.98 Å². The van der Waals surface area contributed by atoms with Crippen molar-refractivity contribution < 1.29 is 5.11 Å². The molecule has 1 aliphatic heterocycles. The number of rotatable bonds is 5. The number of nitrogens with zero attached hydrogens (tertiary/aromatic N) is 5. The number of benzene rings is 1. The van der Waals surface area contributed by atoms with Gasteiger partial charge in [0.2, 0.25) is 0 Å². The van der Waals surface area contributed by atoms with Crippen LogP contribution < -0.4 is 11.1 Å². The van der Waals surface area contributed by atoms with E-state index >= 15 is 0 Å². The summed E-state index contributed by atoms with van der Waals surface area (Å²) in [7, 11) is 1.67. The molecule has 0 aliphatic carbocycles. The highest BCUT2D eigenvalue weighted by Crippen LogP contribution is 2.32. The van der Waals surface area contributed by atoms with E-state index in [0.717, 1.165) is 19.4 Å². The molecule has 28 heavy (non-hydrogen) atoms. The highest BCUT2D eigenvalue weighted by atomic mass is 16.3. The Kier molecular flexibility index (Phi) is 5.06. The molecule has 0 amide bonds. The molecule has 3 aromatic rings. The molecule has 0 radical (unpaired) electrons. The quantitative estimate of drug-likeness (QED) is 0.703. The van der Waals surface area contributed by atoms with E-state index in [-0.39, 0.29) is 30.3 Å². The minimum atomic E-state index is -0.131. The summed E-state index contributed by atoms with van der Waals surface area (Å²) in [5, 5.41) is 10.0. The Morgan fingerprint density at radius 1 is 1.25 bits per heavy atom. The molecule has 1 aliphatic rings. The Balaban J connectivity index is 1.75. The van der Waals surface area contributed by atoms with Crippen molar-refractivity contribution in [2.45, 2.75) is 32.0 Å². The molecular formula is C20H23N5O3. The van der Waals surface area contributed by atoms with Gasteiger partial charge in [-0.25, -0.2) is 9.97 Å². The van der Waals surface area contributed by atoms with Crippen molar-refractivity contribution in [3.05, 3.63) is 68.9 Å². The standard InChI is InChI=1S/C20H23N5O3/c1-23-13-21-14(11-18(23)27)12-24-8-4-7-17(24)19-22-16-6-3-2-5-15(16)20(28)25(19)9-10-26/h2-3,5-6,11,13,17,26H,4,7-10,12H2,1H3. The van der Waals surface area contributed by atoms with Crippen LogP contribution in [-0.2, 0) is 20.1 Å². The molecule has 8 heteroatoms. The fourth-order valence-corrected chi connectivity index (χ4v) is 3.86. The van der Waals surface area contributed by atoms with E-state index < -0.39 is 0 Å². The zero-order valence-corrected chi connectivity index (χ0v) is 15.8. The predicted octanol–water partition coefficient (Wildman–Crippen LogP) is 0.820. The van der Waals surface area contributed by atoms with Gasteiger partial charge in [0.05, 0.1) is 42.1 Å². The molecular weight excluding hydrogens is 358 g/mol. The van der Waals surface area contributed by atoms with Gasteiger partial charge in [-0.05, 0) is 31.5 Å². The van der Waals surface area contributed by atoms with Crippen molar-refractivity contribution in [1.29, 1.82) is 0 Å². The highest BCUT2D eigenvalue weighted by Gasteiger charge is 2.30. The Morgan fingerprint density at radius 3 is 2.86 bits per heavy atom. The second-order valence-electron chi connectivity index (χ2n) is 7.13. The van der Waals surface area contributed by atoms with Crippen LogP contribution in [0.2, 0.25) is 0 Å². The third-order valence-electron chi connectivity index (χ3n) is 5.28. The van der Waals surface area contributed by atoms with Crippen molar-refractivity contribution >= 4 is 10.9 Å². The summed E-state index contributed by atoms with van der Waals surface area (Å²) in [6.07, 6.45) is 3.36. The number of aliphatic hydroxyl groups excluding tert-OH is 1. The number of para-hydroxylation sites is 1. The van der Waals surface area contributed by atoms with Crippen LogP contribution in [0.4, 0.5) is 0 Å². The number of hydrogen-bond donors (Lipinski definition) is 1. The maximum absolute atomic E-state index is 13.0. The first-order chi connectivity index (χ1) is 13.6. The third kappa shape index (κ3) is 3.36. The normalized spacial score (nSPS) is 17.4. The van der Waals surface area contributed by atoms with Gasteiger partial charge < -0.3 is 9.67 Å². The van der Waals surface area contributed by atoms with E-state index in [0.29, 0.717) is 29.0 Å². The molecule has 1 fully saturated rings. The van der Waals surface area contributed by atoms with Crippen LogP contribution in [0.3, 0.4) is 0 Å². The topological polar surface area (TPSA) is 93.2 Å². The molecule has 0 spiro atoms. The van der Waals surface area contributed by atoms with Crippen molar-refractivity contribution in [2.24, 2.45) is 7.05 Å². The van der Waals surface area contributed by atoms with Gasteiger partial charge in [0.1, 0.15) is 5.82 Å². The van der Waals surface area contributed by atoms with Gasteiger partial charge >= 0.3 is 0 Å². The zero-order chi connectivity index (χ0) is 19.7. The molecule has 1 N–H and O–H groups in total. The lowest BCUT2D eigenvalue weighted by atomic mass is 10.1. The fraction of sp³-hybridized carbons (Fsp3) is 0.400. The van der Waals surface area contributed by atoms with Gasteiger partial charge in [-0.2, -0.15) is 0 Å². The van der Waals surface area contributed by atoms with Crippen LogP contribution in [0.15, 0.2) is 46.2 Å². The average Bonchev–Trinajstić information content (AvgIpc) is 3.15. The summed E-state index contributed by atoms with van der Waals surface area (Å²) >= 11 is 0. The Bertz CT molecular complexity index is 1120. The van der Waals surface area contributed by atoms with Gasteiger partial charge in [0, 0.05) is 19.7 Å². The summed E-state index contributed by atoms with van der Waals surface area (Å²) in [5.74, 6) is 0.666. The number of aromatic nitrogens is 4. The molecule has 1 atom stereocenters. The van der Waals surface area contributed by atoms with Crippen LogP contribution >= 0.6 is 0 Å². The zero-order valence-electron chi connectivity index (χ0n) is 15.8. The van der Waals surface area contributed by atoms with E-state index in [1.807, 2.05) is 18.2 Å². The first-order valence-electron chi connectivity index (χ1n) is 9.44. The van der Waals surface area contributed by atoms with E-state index in [9.17, 15) is 14.7 Å². The highest BCUT2D eigenvalue weighted by molar-refractivity contribution is 5.77. The molecule has 1 saturated heterocycles. The molecule has 3 heterocycles. The summed E-state index contributed by atoms with van der Waals surface area (Å²) in [6.45, 7) is 1.43. The first kappa shape index (κ1) is 18.5. The smallest absolute Gasteiger partial charge is 0.261 e. The molecule has 0 bridgehead atoms. The third-order valence-corrected chi connectivity index (χ3v) is 5.28. The van der Waals surface area contributed by atoms with Gasteiger partial charge in [0.15, 0.2) is 0 Å². The van der Waals surface area contributed by atoms with Crippen molar-refractivity contribution in [1.82, 2.24) is 24.0 Å². The Morgan fingerprint density at radius 2 is 2.07 bits per heavy atom. The van der Waals surface area contributed by atoms with E-state index in [2.05, 4.69) is 9.88 Å². The fourth-order valence-electron chi connectivity index (χ4n) is 3.86. The van der Waals surface area contributed by atoms with Crippen LogP contribution in [0, 0.1) is 0 Å². The van der Waals surface area contributed by atoms with E-state index in [1.54, 1.807) is 23.7 Å². The second-order valence-corrected chi connectivity index (χ2v) is 7.13. The molecule has 1 unspecified atom stereocenters. The van der Waals surface area contributed by atoms with Gasteiger partial charge in [-0.15, -0.1) is 0 Å². The van der Waals surface area contributed by atoms with Gasteiger partial charge in [-0.1, -0.05) is 12.1 Å². The maximum atomic E-state index is 13.0. The maximum Gasteiger partial charge on any atom is 0.261 e. The van der Waals surface area contributed by atoms with Crippen LogP contribution in [0.1, 0.15) is 30.4 Å². The van der Waals surface area contributed by atoms with Gasteiger partial charge in [-0.3, -0.25) is 19.1 Å². The lowest BCUT2D eigenvalue weighted by molar-refractivity contribution is 0.221. The summed E-state index contributed by atoms with van der Waals surface area (Å²) < 4.78 is 3.03. The van der Waals surface area contributed by atoms with Crippen molar-refractivity contribution in [3.8, 4) is 0 Å². The second kappa shape index (κ2) is 7.65. The number of fused-ring (bicyclic) bond motifs is 1. The van der Waals surface area contributed by atoms with Crippen molar-refractivity contribution in [2.75, 3.05) is 13.2 Å². The lowest BCUT2D eigenvalue weighted by Gasteiger charge is -2.26. The lowest BCUT2D eigenvalue weighted by Crippen LogP contribution is -2.33. The van der Waals surface area contributed by atoms with Crippen molar-refractivity contribution in [3.63, 3.8) is 0 Å². The Labute approximate surface area is 161 Å². The average molecular weight is 381 g/mol. The van der Waals surface area contributed by atoms with Crippen LogP contribution in [0.25, 0.3) is 10.9 Å². The van der Waals surface area contributed by atoms with Gasteiger partial charge in [0.25, 0.3) is 11.1 Å². The first-order valence-corrected chi connectivity index (χ1v) is 9.44. The molecule has 2 aromatic heterocycles. The largest absolute Gasteiger partial charge is 0.395 e. The summed E-state index contributed by atoms with van der Waals surface area (Å²) in [6, 6.07) is 8.77. The molecule has 4 rings (SSSR count). The number of likely N-dealkylation sites (tertiary alicyclic amines) is 1. The number of aryl methyl sites for hydroxylation is 1. The summed E-state index contributed by atoms with van der Waals surface area (Å²) in [5.41, 5.74) is 1.14. The predicted molar refractivity (Wildman–Crippen MR) is 105 cm³/mol. The van der Waals surface area contributed by atoms with Crippen LogP contribution in [-0.4, -0.2) is 42.3 Å². The monoisotopic (exact) mass is 381 g/mol. The molecule has 1 aromatic carbocycles. The molecule has 146 valence electrons. The minimum absolute atomic E-state index is 0.0604. The Hall–Kier alpha value is -2.84. The molecule has 8 nitrogen and oxygen atoms in total. The SMILES string of the molecule is Cn1cnc(CN2CCCC2c2nc3ccccc3c(=O)n2CCO)cc1=O. The molecule has 0 saturated carbocycles. The number of hydrogen-bond acceptors (Lipinski definition) is 6. The van der Waals surface area contributed by atoms with Crippen LogP contribution in [0.5, 0.6) is 0 Å². The summed E-state index contributed by atoms with van der Waals surface area (Å²) in [4.78, 5) is 36.2. The minimum Gasteiger partial charge on any atom is -0.395 e. The van der Waals surface area contributed by atoms with E-state index in [1.165, 1.54) is 10.9 Å². The number of aliphatic hydroxyl groups is 1.